The number of hydrogen-bond donors (Lipinski definition) is 1. The zero-order valence-corrected chi connectivity index (χ0v) is 14.9. The van der Waals surface area contributed by atoms with Gasteiger partial charge in [-0.2, -0.15) is 0 Å². The standard InChI is InChI=1S/C18H30N4O2/c1-14(2)12-22-13-19-10-16(22)11-20-15-5-7-21(8-6-15)18(23)17-4-3-9-24-17/h10,13-15,17,20H,3-9,11-12H2,1-2H3. The summed E-state index contributed by atoms with van der Waals surface area (Å²) in [7, 11) is 0. The highest BCUT2D eigenvalue weighted by Gasteiger charge is 2.30. The third kappa shape index (κ3) is 4.36. The van der Waals surface area contributed by atoms with Gasteiger partial charge in [0.2, 0.25) is 0 Å². The van der Waals surface area contributed by atoms with Crippen LogP contribution in [-0.2, 0) is 22.6 Å². The van der Waals surface area contributed by atoms with E-state index in [0.29, 0.717) is 12.0 Å². The fourth-order valence-corrected chi connectivity index (χ4v) is 3.58. The van der Waals surface area contributed by atoms with Crippen LogP contribution in [0.15, 0.2) is 12.5 Å². The van der Waals surface area contributed by atoms with Crippen molar-refractivity contribution in [1.29, 1.82) is 0 Å². The fourth-order valence-electron chi connectivity index (χ4n) is 3.58. The molecule has 1 N–H and O–H groups in total. The van der Waals surface area contributed by atoms with Gasteiger partial charge in [0.05, 0.1) is 12.0 Å². The van der Waals surface area contributed by atoms with Crippen LogP contribution < -0.4 is 5.32 Å². The van der Waals surface area contributed by atoms with Crippen molar-refractivity contribution in [2.24, 2.45) is 5.92 Å². The van der Waals surface area contributed by atoms with Crippen molar-refractivity contribution in [2.75, 3.05) is 19.7 Å². The van der Waals surface area contributed by atoms with Crippen molar-refractivity contribution in [1.82, 2.24) is 19.8 Å². The number of likely N-dealkylation sites (tertiary alicyclic amines) is 1. The minimum Gasteiger partial charge on any atom is -0.368 e. The molecule has 3 rings (SSSR count). The first-order chi connectivity index (χ1) is 11.6. The molecular weight excluding hydrogens is 304 g/mol. The lowest BCUT2D eigenvalue weighted by Crippen LogP contribution is -2.47. The highest BCUT2D eigenvalue weighted by Crippen LogP contribution is 2.18. The molecule has 2 saturated heterocycles. The molecule has 2 aliphatic heterocycles. The second kappa shape index (κ2) is 8.12. The average Bonchev–Trinajstić information content (AvgIpc) is 3.24. The van der Waals surface area contributed by atoms with Gasteiger partial charge in [0.25, 0.3) is 5.91 Å². The number of nitrogens with zero attached hydrogens (tertiary/aromatic N) is 3. The van der Waals surface area contributed by atoms with E-state index in [-0.39, 0.29) is 12.0 Å². The summed E-state index contributed by atoms with van der Waals surface area (Å²) in [5.74, 6) is 0.811. The lowest BCUT2D eigenvalue weighted by molar-refractivity contribution is -0.142. The summed E-state index contributed by atoms with van der Waals surface area (Å²) in [4.78, 5) is 18.6. The van der Waals surface area contributed by atoms with Gasteiger partial charge in [-0.25, -0.2) is 4.98 Å². The Bertz CT molecular complexity index is 529. The number of ether oxygens (including phenoxy) is 1. The molecular formula is C18H30N4O2. The van der Waals surface area contributed by atoms with Crippen LogP contribution in [0.2, 0.25) is 0 Å². The highest BCUT2D eigenvalue weighted by molar-refractivity contribution is 5.81. The van der Waals surface area contributed by atoms with Crippen molar-refractivity contribution >= 4 is 5.91 Å². The third-order valence-corrected chi connectivity index (χ3v) is 4.94. The van der Waals surface area contributed by atoms with Gasteiger partial charge >= 0.3 is 0 Å². The second-order valence-corrected chi connectivity index (χ2v) is 7.41. The van der Waals surface area contributed by atoms with E-state index in [2.05, 4.69) is 28.7 Å². The molecule has 3 heterocycles. The molecule has 1 unspecified atom stereocenters. The largest absolute Gasteiger partial charge is 0.368 e. The Labute approximate surface area is 144 Å². The first kappa shape index (κ1) is 17.4. The molecule has 1 atom stereocenters. The molecule has 0 spiro atoms. The molecule has 0 bridgehead atoms. The first-order valence-corrected chi connectivity index (χ1v) is 9.26. The summed E-state index contributed by atoms with van der Waals surface area (Å²) in [6.07, 6.45) is 7.61. The summed E-state index contributed by atoms with van der Waals surface area (Å²) in [6.45, 7) is 8.69. The number of piperidine rings is 1. The van der Waals surface area contributed by atoms with E-state index in [0.717, 1.165) is 58.5 Å². The Morgan fingerprint density at radius 3 is 2.83 bits per heavy atom. The van der Waals surface area contributed by atoms with Gasteiger partial charge in [0.1, 0.15) is 6.10 Å². The predicted molar refractivity (Wildman–Crippen MR) is 92.5 cm³/mol. The minimum atomic E-state index is -0.181. The summed E-state index contributed by atoms with van der Waals surface area (Å²) in [5.41, 5.74) is 1.24. The minimum absolute atomic E-state index is 0.181. The van der Waals surface area contributed by atoms with Crippen molar-refractivity contribution in [3.63, 3.8) is 0 Å². The van der Waals surface area contributed by atoms with Gasteiger partial charge in [-0.1, -0.05) is 13.8 Å². The highest BCUT2D eigenvalue weighted by atomic mass is 16.5. The Kier molecular flexibility index (Phi) is 5.89. The molecule has 6 heteroatoms. The van der Waals surface area contributed by atoms with Crippen LogP contribution in [0, 0.1) is 5.92 Å². The molecule has 2 fully saturated rings. The van der Waals surface area contributed by atoms with E-state index in [1.807, 2.05) is 17.4 Å². The van der Waals surface area contributed by atoms with E-state index in [1.54, 1.807) is 0 Å². The fraction of sp³-hybridized carbons (Fsp3) is 0.778. The number of rotatable bonds is 6. The van der Waals surface area contributed by atoms with E-state index in [1.165, 1.54) is 5.69 Å². The average molecular weight is 334 g/mol. The number of nitrogens with one attached hydrogen (secondary N) is 1. The van der Waals surface area contributed by atoms with Crippen LogP contribution in [0.25, 0.3) is 0 Å². The number of imidazole rings is 1. The third-order valence-electron chi connectivity index (χ3n) is 4.94. The summed E-state index contributed by atoms with van der Waals surface area (Å²) < 4.78 is 7.75. The second-order valence-electron chi connectivity index (χ2n) is 7.41. The van der Waals surface area contributed by atoms with E-state index >= 15 is 0 Å². The Balaban J connectivity index is 1.42. The van der Waals surface area contributed by atoms with Gasteiger partial charge in [-0.3, -0.25) is 4.79 Å². The van der Waals surface area contributed by atoms with E-state index in [4.69, 9.17) is 4.74 Å². The monoisotopic (exact) mass is 334 g/mol. The zero-order valence-electron chi connectivity index (χ0n) is 14.9. The van der Waals surface area contributed by atoms with Crippen LogP contribution in [0.1, 0.15) is 45.2 Å². The Hall–Kier alpha value is -1.40. The van der Waals surface area contributed by atoms with E-state index in [9.17, 15) is 4.79 Å². The van der Waals surface area contributed by atoms with Gasteiger partial charge < -0.3 is 19.5 Å². The SMILES string of the molecule is CC(C)Cn1cncc1CNC1CCN(C(=O)C2CCCO2)CC1. The molecule has 0 saturated carbocycles. The van der Waals surface area contributed by atoms with Crippen molar-refractivity contribution in [3.05, 3.63) is 18.2 Å². The molecule has 6 nitrogen and oxygen atoms in total. The number of hydrogen-bond acceptors (Lipinski definition) is 4. The number of carbonyl (C=O) groups is 1. The van der Waals surface area contributed by atoms with Gasteiger partial charge in [-0.05, 0) is 31.6 Å². The van der Waals surface area contributed by atoms with Crippen LogP contribution in [-0.4, -0.2) is 52.2 Å². The summed E-state index contributed by atoms with van der Waals surface area (Å²) >= 11 is 0. The smallest absolute Gasteiger partial charge is 0.251 e. The maximum atomic E-state index is 12.4. The van der Waals surface area contributed by atoms with Gasteiger partial charge in [-0.15, -0.1) is 0 Å². The van der Waals surface area contributed by atoms with E-state index < -0.39 is 0 Å². The molecule has 0 aromatic carbocycles. The number of amides is 1. The quantitative estimate of drug-likeness (QED) is 0.862. The van der Waals surface area contributed by atoms with Gasteiger partial charge in [0, 0.05) is 45.0 Å². The van der Waals surface area contributed by atoms with Crippen LogP contribution >= 0.6 is 0 Å². The Morgan fingerprint density at radius 2 is 2.17 bits per heavy atom. The zero-order chi connectivity index (χ0) is 16.9. The lowest BCUT2D eigenvalue weighted by atomic mass is 10.0. The summed E-state index contributed by atoms with van der Waals surface area (Å²) in [5, 5.41) is 3.64. The first-order valence-electron chi connectivity index (χ1n) is 9.26. The molecule has 0 aliphatic carbocycles. The maximum absolute atomic E-state index is 12.4. The van der Waals surface area contributed by atoms with Crippen LogP contribution in [0.3, 0.4) is 0 Å². The van der Waals surface area contributed by atoms with Crippen molar-refractivity contribution < 1.29 is 9.53 Å². The van der Waals surface area contributed by atoms with Gasteiger partial charge in [0.15, 0.2) is 0 Å². The van der Waals surface area contributed by atoms with Crippen LogP contribution in [0.5, 0.6) is 0 Å². The molecule has 1 aromatic rings. The molecule has 24 heavy (non-hydrogen) atoms. The predicted octanol–water partition coefficient (Wildman–Crippen LogP) is 1.80. The summed E-state index contributed by atoms with van der Waals surface area (Å²) in [6, 6.07) is 0.473. The lowest BCUT2D eigenvalue weighted by Gasteiger charge is -2.33. The molecule has 1 aromatic heterocycles. The number of aromatic nitrogens is 2. The maximum Gasteiger partial charge on any atom is 0.251 e. The van der Waals surface area contributed by atoms with Crippen molar-refractivity contribution in [3.8, 4) is 0 Å². The molecule has 1 amide bonds. The molecule has 134 valence electrons. The van der Waals surface area contributed by atoms with Crippen molar-refractivity contribution in [2.45, 2.75) is 64.8 Å². The molecule has 0 radical (unpaired) electrons. The topological polar surface area (TPSA) is 59.4 Å². The molecule has 2 aliphatic rings. The Morgan fingerprint density at radius 1 is 1.38 bits per heavy atom. The number of carbonyl (C=O) groups excluding carboxylic acids is 1. The normalized spacial score (nSPS) is 22.5. The van der Waals surface area contributed by atoms with Crippen LogP contribution in [0.4, 0.5) is 0 Å².